The molecule has 0 saturated heterocycles. The third kappa shape index (κ3) is 2.56. The molecular formula is C14H18N2O. The van der Waals surface area contributed by atoms with Crippen LogP contribution in [-0.4, -0.2) is 26.0 Å². The van der Waals surface area contributed by atoms with Gasteiger partial charge in [-0.25, -0.2) is 0 Å². The number of carbonyl (C=O) groups is 1. The Bertz CT molecular complexity index is 452. The van der Waals surface area contributed by atoms with Gasteiger partial charge in [-0.2, -0.15) is 0 Å². The molecule has 0 aliphatic carbocycles. The van der Waals surface area contributed by atoms with Crippen LogP contribution in [0.2, 0.25) is 0 Å². The van der Waals surface area contributed by atoms with Gasteiger partial charge in [0.25, 0.3) is 0 Å². The molecule has 90 valence electrons. The Morgan fingerprint density at radius 1 is 1.53 bits per heavy atom. The lowest BCUT2D eigenvalue weighted by Crippen LogP contribution is -2.25. The molecule has 0 aromatic heterocycles. The summed E-state index contributed by atoms with van der Waals surface area (Å²) in [6.45, 7) is 3.31. The van der Waals surface area contributed by atoms with Gasteiger partial charge in [0.05, 0.1) is 0 Å². The van der Waals surface area contributed by atoms with E-state index in [0.717, 1.165) is 25.2 Å². The summed E-state index contributed by atoms with van der Waals surface area (Å²) in [7, 11) is 1.93. The number of nitrogens with zero attached hydrogens (tertiary/aromatic N) is 1. The molecule has 0 bridgehead atoms. The van der Waals surface area contributed by atoms with Crippen LogP contribution in [0.5, 0.6) is 0 Å². The van der Waals surface area contributed by atoms with Gasteiger partial charge >= 0.3 is 0 Å². The van der Waals surface area contributed by atoms with Gasteiger partial charge in [-0.3, -0.25) is 4.79 Å². The summed E-state index contributed by atoms with van der Waals surface area (Å²) in [5.41, 5.74) is 3.54. The summed E-state index contributed by atoms with van der Waals surface area (Å²) in [5.74, 6) is 0.127. The smallest absolute Gasteiger partial charge is 0.223 e. The van der Waals surface area contributed by atoms with E-state index in [4.69, 9.17) is 0 Å². The summed E-state index contributed by atoms with van der Waals surface area (Å²) >= 11 is 0. The van der Waals surface area contributed by atoms with Gasteiger partial charge in [-0.15, -0.1) is 0 Å². The molecule has 1 heterocycles. The second kappa shape index (κ2) is 5.15. The van der Waals surface area contributed by atoms with Crippen LogP contribution in [0.15, 0.2) is 24.3 Å². The van der Waals surface area contributed by atoms with E-state index in [9.17, 15) is 4.79 Å². The Labute approximate surface area is 102 Å². The highest BCUT2D eigenvalue weighted by Gasteiger charge is 2.21. The van der Waals surface area contributed by atoms with Gasteiger partial charge in [-0.05, 0) is 36.7 Å². The molecule has 1 aromatic carbocycles. The number of nitrogens with one attached hydrogen (secondary N) is 1. The van der Waals surface area contributed by atoms with E-state index < -0.39 is 0 Å². The van der Waals surface area contributed by atoms with E-state index >= 15 is 0 Å². The minimum Gasteiger partial charge on any atom is -0.316 e. The molecular weight excluding hydrogens is 212 g/mol. The van der Waals surface area contributed by atoms with Crippen LogP contribution in [0.3, 0.4) is 0 Å². The molecule has 1 aliphatic rings. The fraction of sp³-hybridized carbons (Fsp3) is 0.357. The Balaban J connectivity index is 2.19. The number of amides is 1. The normalized spacial score (nSPS) is 14.4. The van der Waals surface area contributed by atoms with Gasteiger partial charge in [0, 0.05) is 25.7 Å². The molecule has 17 heavy (non-hydrogen) atoms. The third-order valence-electron chi connectivity index (χ3n) is 3.01. The average molecular weight is 230 g/mol. The van der Waals surface area contributed by atoms with E-state index in [0.29, 0.717) is 0 Å². The van der Waals surface area contributed by atoms with Crippen molar-refractivity contribution in [2.75, 3.05) is 25.0 Å². The average Bonchev–Trinajstić information content (AvgIpc) is 2.72. The maximum atomic E-state index is 11.4. The van der Waals surface area contributed by atoms with Crippen molar-refractivity contribution in [1.82, 2.24) is 5.32 Å². The zero-order valence-corrected chi connectivity index (χ0v) is 10.4. The number of hydrogen-bond donors (Lipinski definition) is 1. The van der Waals surface area contributed by atoms with E-state index in [-0.39, 0.29) is 5.91 Å². The van der Waals surface area contributed by atoms with Gasteiger partial charge in [0.15, 0.2) is 0 Å². The highest BCUT2D eigenvalue weighted by Crippen LogP contribution is 2.29. The van der Waals surface area contributed by atoms with E-state index in [1.807, 2.05) is 18.0 Å². The van der Waals surface area contributed by atoms with Crippen molar-refractivity contribution in [1.29, 1.82) is 0 Å². The number of anilines is 1. The van der Waals surface area contributed by atoms with Crippen molar-refractivity contribution in [2.45, 2.75) is 13.3 Å². The summed E-state index contributed by atoms with van der Waals surface area (Å²) in [5, 5.41) is 3.07. The standard InChI is InChI=1S/C14H18N2O/c1-11(17)16-9-7-13-10-12(4-3-8-15-2)5-6-14(13)16/h3-6,10,15H,7-9H2,1-2H3. The molecule has 0 atom stereocenters. The molecule has 1 N–H and O–H groups in total. The van der Waals surface area contributed by atoms with Crippen LogP contribution >= 0.6 is 0 Å². The highest BCUT2D eigenvalue weighted by atomic mass is 16.2. The van der Waals surface area contributed by atoms with Crippen LogP contribution in [0.25, 0.3) is 6.08 Å². The number of fused-ring (bicyclic) bond motifs is 1. The fourth-order valence-electron chi connectivity index (χ4n) is 2.17. The van der Waals surface area contributed by atoms with Crippen molar-refractivity contribution >= 4 is 17.7 Å². The first-order valence-electron chi connectivity index (χ1n) is 5.94. The quantitative estimate of drug-likeness (QED) is 0.859. The van der Waals surface area contributed by atoms with Crippen LogP contribution < -0.4 is 10.2 Å². The second-order valence-electron chi connectivity index (χ2n) is 4.27. The second-order valence-corrected chi connectivity index (χ2v) is 4.27. The summed E-state index contributed by atoms with van der Waals surface area (Å²) in [6.07, 6.45) is 5.16. The Kier molecular flexibility index (Phi) is 3.59. The van der Waals surface area contributed by atoms with Crippen LogP contribution in [0.1, 0.15) is 18.1 Å². The molecule has 0 fully saturated rings. The molecule has 0 saturated carbocycles. The van der Waals surface area contributed by atoms with Crippen molar-refractivity contribution in [3.8, 4) is 0 Å². The Morgan fingerprint density at radius 2 is 2.35 bits per heavy atom. The van der Waals surface area contributed by atoms with E-state index in [1.165, 1.54) is 11.1 Å². The molecule has 3 heteroatoms. The highest BCUT2D eigenvalue weighted by molar-refractivity contribution is 5.93. The van der Waals surface area contributed by atoms with Gasteiger partial charge in [0.1, 0.15) is 0 Å². The van der Waals surface area contributed by atoms with Crippen molar-refractivity contribution in [3.63, 3.8) is 0 Å². The monoisotopic (exact) mass is 230 g/mol. The van der Waals surface area contributed by atoms with Crippen molar-refractivity contribution in [2.24, 2.45) is 0 Å². The number of carbonyl (C=O) groups excluding carboxylic acids is 1. The summed E-state index contributed by atoms with van der Waals surface area (Å²) in [6, 6.07) is 6.28. The zero-order valence-electron chi connectivity index (χ0n) is 10.4. The lowest BCUT2D eigenvalue weighted by atomic mass is 10.1. The van der Waals surface area contributed by atoms with Crippen LogP contribution in [0, 0.1) is 0 Å². The van der Waals surface area contributed by atoms with Gasteiger partial charge in [0.2, 0.25) is 5.91 Å². The predicted octanol–water partition coefficient (Wildman–Crippen LogP) is 1.83. The van der Waals surface area contributed by atoms with Crippen molar-refractivity contribution in [3.05, 3.63) is 35.4 Å². The first-order valence-corrected chi connectivity index (χ1v) is 5.94. The number of likely N-dealkylation sites (N-methyl/N-ethyl adjacent to an activating group) is 1. The molecule has 1 aliphatic heterocycles. The zero-order chi connectivity index (χ0) is 12.3. The molecule has 1 amide bonds. The number of benzene rings is 1. The first kappa shape index (κ1) is 11.9. The van der Waals surface area contributed by atoms with E-state index in [2.05, 4.69) is 29.6 Å². The summed E-state index contributed by atoms with van der Waals surface area (Å²) < 4.78 is 0. The SMILES string of the molecule is CNCC=Cc1ccc2c(c1)CCN2C(C)=O. The van der Waals surface area contributed by atoms with Crippen LogP contribution in [-0.2, 0) is 11.2 Å². The third-order valence-corrected chi connectivity index (χ3v) is 3.01. The van der Waals surface area contributed by atoms with Gasteiger partial charge < -0.3 is 10.2 Å². The minimum absolute atomic E-state index is 0.127. The lowest BCUT2D eigenvalue weighted by Gasteiger charge is -2.14. The van der Waals surface area contributed by atoms with E-state index in [1.54, 1.807) is 6.92 Å². The lowest BCUT2D eigenvalue weighted by molar-refractivity contribution is -0.116. The van der Waals surface area contributed by atoms with Crippen molar-refractivity contribution < 1.29 is 4.79 Å². The number of hydrogen-bond acceptors (Lipinski definition) is 2. The largest absolute Gasteiger partial charge is 0.316 e. The molecule has 0 spiro atoms. The molecule has 0 radical (unpaired) electrons. The molecule has 1 aromatic rings. The van der Waals surface area contributed by atoms with Crippen LogP contribution in [0.4, 0.5) is 5.69 Å². The summed E-state index contributed by atoms with van der Waals surface area (Å²) in [4.78, 5) is 13.3. The molecule has 2 rings (SSSR count). The Morgan fingerprint density at radius 3 is 3.06 bits per heavy atom. The predicted molar refractivity (Wildman–Crippen MR) is 71.1 cm³/mol. The topological polar surface area (TPSA) is 32.3 Å². The first-order chi connectivity index (χ1) is 8.22. The maximum absolute atomic E-state index is 11.4. The fourth-order valence-corrected chi connectivity index (χ4v) is 2.17. The molecule has 0 unspecified atom stereocenters. The molecule has 3 nitrogen and oxygen atoms in total. The number of rotatable bonds is 3. The maximum Gasteiger partial charge on any atom is 0.223 e. The van der Waals surface area contributed by atoms with Gasteiger partial charge in [-0.1, -0.05) is 18.2 Å². The Hall–Kier alpha value is -1.61. The minimum atomic E-state index is 0.127.